The lowest BCUT2D eigenvalue weighted by atomic mass is 10.1. The number of furan rings is 1. The Balaban J connectivity index is 1.08. The van der Waals surface area contributed by atoms with Gasteiger partial charge in [0.25, 0.3) is 0 Å². The molecule has 308 valence electrons. The highest BCUT2D eigenvalue weighted by Gasteiger charge is 2.60. The normalized spacial score (nSPS) is 21.4. The van der Waals surface area contributed by atoms with Gasteiger partial charge in [-0.1, -0.05) is 18.2 Å². The second kappa shape index (κ2) is 17.6. The van der Waals surface area contributed by atoms with Gasteiger partial charge in [-0.05, 0) is 57.1 Å². The van der Waals surface area contributed by atoms with Crippen LogP contribution in [0.15, 0.2) is 70.0 Å². The summed E-state index contributed by atoms with van der Waals surface area (Å²) >= 11 is 0. The van der Waals surface area contributed by atoms with Crippen LogP contribution in [0.2, 0.25) is 0 Å². The van der Waals surface area contributed by atoms with E-state index in [0.717, 1.165) is 25.4 Å². The van der Waals surface area contributed by atoms with Crippen molar-refractivity contribution in [3.8, 4) is 17.2 Å². The van der Waals surface area contributed by atoms with Crippen molar-refractivity contribution in [3.05, 3.63) is 77.0 Å². The fraction of sp³-hybridized carbons (Fsp3) is 0.444. The molecule has 57 heavy (non-hydrogen) atoms. The number of carbonyl (C=O) groups excluding carboxylic acids is 2. The lowest BCUT2D eigenvalue weighted by Gasteiger charge is -2.30. The summed E-state index contributed by atoms with van der Waals surface area (Å²) < 4.78 is 88.8. The van der Waals surface area contributed by atoms with E-state index in [4.69, 9.17) is 37.1 Å². The minimum Gasteiger partial charge on any atom is -0.497 e. The highest BCUT2D eigenvalue weighted by molar-refractivity contribution is 7.52. The number of methoxy groups -OCH3 is 2. The first-order valence-electron chi connectivity index (χ1n) is 17.7. The molecule has 0 saturated carbocycles. The monoisotopic (exact) mass is 821 g/mol. The highest BCUT2D eigenvalue weighted by atomic mass is 31.2. The number of esters is 1. The van der Waals surface area contributed by atoms with Crippen molar-refractivity contribution >= 4 is 36.6 Å². The molecule has 0 radical (unpaired) electrons. The largest absolute Gasteiger partial charge is 0.497 e. The van der Waals surface area contributed by atoms with E-state index < -0.39 is 62.5 Å². The molecule has 2 aliphatic rings. The number of aliphatic hydroxyl groups excluding tert-OH is 1. The molecule has 0 bridgehead atoms. The van der Waals surface area contributed by atoms with E-state index in [0.29, 0.717) is 39.9 Å². The van der Waals surface area contributed by atoms with Gasteiger partial charge in [0, 0.05) is 30.7 Å². The van der Waals surface area contributed by atoms with Crippen LogP contribution in [0, 0.1) is 0 Å². The van der Waals surface area contributed by atoms with Crippen molar-refractivity contribution in [2.75, 3.05) is 46.3 Å². The average molecular weight is 822 g/mol. The third-order valence-corrected chi connectivity index (χ3v) is 10.8. The number of anilines is 1. The molecule has 2 saturated heterocycles. The number of aliphatic hydroxyl groups is 1. The maximum absolute atomic E-state index is 15.5. The number of alkyl halides is 2. The van der Waals surface area contributed by atoms with Crippen LogP contribution in [-0.2, 0) is 34.7 Å². The summed E-state index contributed by atoms with van der Waals surface area (Å²) in [6, 6.07) is 12.5. The summed E-state index contributed by atoms with van der Waals surface area (Å²) in [4.78, 5) is 44.1. The Morgan fingerprint density at radius 2 is 1.82 bits per heavy atom. The van der Waals surface area contributed by atoms with Gasteiger partial charge in [0.1, 0.15) is 41.3 Å². The predicted molar refractivity (Wildman–Crippen MR) is 196 cm³/mol. The first-order valence-corrected chi connectivity index (χ1v) is 19.3. The van der Waals surface area contributed by atoms with E-state index in [1.54, 1.807) is 36.4 Å². The summed E-state index contributed by atoms with van der Waals surface area (Å²) in [5.41, 5.74) is -0.880. The zero-order chi connectivity index (χ0) is 40.9. The van der Waals surface area contributed by atoms with Crippen molar-refractivity contribution in [3.63, 3.8) is 0 Å². The summed E-state index contributed by atoms with van der Waals surface area (Å²) in [5.74, 6) is -3.93. The zero-order valence-corrected chi connectivity index (χ0v) is 32.2. The lowest BCUT2D eigenvalue weighted by Crippen LogP contribution is -2.42. The molecule has 3 N–H and O–H groups in total. The van der Waals surface area contributed by atoms with E-state index in [-0.39, 0.29) is 30.0 Å². The minimum atomic E-state index is -4.54. The van der Waals surface area contributed by atoms with Gasteiger partial charge in [-0.3, -0.25) is 19.2 Å². The Labute approximate surface area is 324 Å². The number of halogens is 2. The third-order valence-electron chi connectivity index (χ3n) is 9.13. The molecule has 2 aromatic carbocycles. The number of benzene rings is 2. The predicted octanol–water partition coefficient (Wildman–Crippen LogP) is 4.47. The number of fused-ring (bicyclic) bond motifs is 1. The molecule has 21 heteroatoms. The Morgan fingerprint density at radius 1 is 1.09 bits per heavy atom. The van der Waals surface area contributed by atoms with Gasteiger partial charge >= 0.3 is 31.4 Å². The smallest absolute Gasteiger partial charge is 0.459 e. The average Bonchev–Trinajstić information content (AvgIpc) is 3.70. The van der Waals surface area contributed by atoms with Gasteiger partial charge in [0.05, 0.1) is 20.8 Å². The summed E-state index contributed by atoms with van der Waals surface area (Å²) in [6.45, 7) is 1.57. The standard InChI is InChI=1S/C36H42F2N5O13P/c1-21(32(45)54-23-10-13-42(2)14-11-23)41-57(48,56-24-8-6-5-7-9-24)52-20-28-31(44)36(37,38)33(55-28)43-15-12-29(39-34(43)46)40-35(47)51-19-26-17-22-16-25(49-3)18-27(50-4)30(22)53-26/h5-9,12,15-18,21,23,28,31,33,44H,10-11,13-14,19-20H2,1-4H3,(H,41,48)(H,39,40,46,47)/t21-,28?,31+,33+,57?/m0/s1. The number of para-hydroxylation sites is 1. The number of likely N-dealkylation sites (tertiary alicyclic amines) is 1. The molecule has 4 aromatic rings. The first kappa shape index (κ1) is 41.5. The number of ether oxygens (including phenoxy) is 5. The number of aromatic nitrogens is 2. The zero-order valence-electron chi connectivity index (χ0n) is 31.3. The van der Waals surface area contributed by atoms with Crippen LogP contribution in [0.1, 0.15) is 31.8 Å². The van der Waals surface area contributed by atoms with Crippen LogP contribution in [-0.4, -0.2) is 103 Å². The van der Waals surface area contributed by atoms with Gasteiger partial charge < -0.3 is 42.6 Å². The van der Waals surface area contributed by atoms with Gasteiger partial charge in [0.15, 0.2) is 24.0 Å². The molecule has 18 nitrogen and oxygen atoms in total. The van der Waals surface area contributed by atoms with Gasteiger partial charge in [-0.15, -0.1) is 0 Å². The quantitative estimate of drug-likeness (QED) is 0.112. The van der Waals surface area contributed by atoms with E-state index in [9.17, 15) is 24.1 Å². The van der Waals surface area contributed by atoms with E-state index in [2.05, 4.69) is 20.3 Å². The number of carbonyl (C=O) groups is 2. The molecular formula is C36H42F2N5O13P. The molecule has 1 amide bonds. The Hall–Kier alpha value is -5.11. The number of amides is 1. The number of nitrogens with zero attached hydrogens (tertiary/aromatic N) is 3. The second-order valence-electron chi connectivity index (χ2n) is 13.3. The molecule has 2 unspecified atom stereocenters. The molecule has 2 aromatic heterocycles. The van der Waals surface area contributed by atoms with Crippen LogP contribution >= 0.6 is 7.75 Å². The van der Waals surface area contributed by atoms with Gasteiger partial charge in [0.2, 0.25) is 6.23 Å². The molecule has 5 atom stereocenters. The number of piperidine rings is 1. The van der Waals surface area contributed by atoms with Crippen molar-refractivity contribution < 1.29 is 65.2 Å². The highest BCUT2D eigenvalue weighted by Crippen LogP contribution is 2.48. The van der Waals surface area contributed by atoms with Crippen molar-refractivity contribution in [1.82, 2.24) is 19.5 Å². The minimum absolute atomic E-state index is 0.0618. The molecule has 6 rings (SSSR count). The SMILES string of the molecule is COc1cc(OC)c2oc(COC(=O)Nc3ccn([C@@H]4OC(COP(=O)(N[C@@H](C)C(=O)OC5CCN(C)CC5)Oc5ccccc5)[C@@H](O)C4(F)F)c(=O)n3)cc2c1. The van der Waals surface area contributed by atoms with Crippen LogP contribution in [0.3, 0.4) is 0 Å². The second-order valence-corrected chi connectivity index (χ2v) is 15.0. The van der Waals surface area contributed by atoms with E-state index >= 15 is 8.78 Å². The van der Waals surface area contributed by atoms with Crippen molar-refractivity contribution in [2.45, 2.75) is 62.9 Å². The number of hydrogen-bond donors (Lipinski definition) is 3. The van der Waals surface area contributed by atoms with Crippen LogP contribution in [0.5, 0.6) is 17.2 Å². The van der Waals surface area contributed by atoms with Crippen LogP contribution in [0.4, 0.5) is 19.4 Å². The Kier molecular flexibility index (Phi) is 12.8. The summed E-state index contributed by atoms with van der Waals surface area (Å²) in [6.07, 6.45) is -6.09. The van der Waals surface area contributed by atoms with E-state index in [1.165, 1.54) is 33.3 Å². The topological polar surface area (TPSA) is 211 Å². The van der Waals surface area contributed by atoms with Crippen molar-refractivity contribution in [1.29, 1.82) is 0 Å². The maximum atomic E-state index is 15.5. The molecule has 0 aliphatic carbocycles. The number of nitrogens with one attached hydrogen (secondary N) is 2. The Morgan fingerprint density at radius 3 is 2.51 bits per heavy atom. The first-order chi connectivity index (χ1) is 27.2. The summed E-state index contributed by atoms with van der Waals surface area (Å²) in [7, 11) is 0.358. The fourth-order valence-corrected chi connectivity index (χ4v) is 7.58. The fourth-order valence-electron chi connectivity index (χ4n) is 6.07. The molecular weight excluding hydrogens is 779 g/mol. The van der Waals surface area contributed by atoms with Crippen LogP contribution in [0.25, 0.3) is 11.0 Å². The lowest BCUT2D eigenvalue weighted by molar-refractivity contribution is -0.152. The van der Waals surface area contributed by atoms with Gasteiger partial charge in [-0.25, -0.2) is 14.2 Å². The van der Waals surface area contributed by atoms with Crippen molar-refractivity contribution in [2.24, 2.45) is 0 Å². The molecule has 0 spiro atoms. The molecule has 2 fully saturated rings. The third kappa shape index (κ3) is 9.89. The van der Waals surface area contributed by atoms with Gasteiger partial charge in [-0.2, -0.15) is 18.9 Å². The molecule has 4 heterocycles. The van der Waals surface area contributed by atoms with Crippen LogP contribution < -0.4 is 30.1 Å². The summed E-state index contributed by atoms with van der Waals surface area (Å²) in [5, 5.41) is 16.0. The number of hydrogen-bond acceptors (Lipinski definition) is 15. The maximum Gasteiger partial charge on any atom is 0.459 e. The van der Waals surface area contributed by atoms with E-state index in [1.807, 2.05) is 7.05 Å². The Bertz CT molecular complexity index is 2150. The molecule has 2 aliphatic heterocycles. The number of rotatable bonds is 15.